The predicted molar refractivity (Wildman–Crippen MR) is 70.4 cm³/mol. The first-order chi connectivity index (χ1) is 9.13. The molecule has 1 N–H and O–H groups in total. The van der Waals surface area contributed by atoms with Crippen LogP contribution in [0.5, 0.6) is 5.88 Å². The normalized spacial score (nSPS) is 10.2. The lowest BCUT2D eigenvalue weighted by molar-refractivity contribution is 0.0690. The van der Waals surface area contributed by atoms with Crippen molar-refractivity contribution >= 4 is 5.97 Å². The molecule has 98 valence electrons. The third-order valence-corrected chi connectivity index (χ3v) is 2.75. The first kappa shape index (κ1) is 13.0. The molecule has 0 unspecified atom stereocenters. The monoisotopic (exact) mass is 258 g/mol. The molecule has 0 aliphatic heterocycles. The van der Waals surface area contributed by atoms with E-state index in [0.717, 1.165) is 12.0 Å². The van der Waals surface area contributed by atoms with Gasteiger partial charge in [-0.15, -0.1) is 0 Å². The molecule has 0 fully saturated rings. The van der Waals surface area contributed by atoms with Crippen molar-refractivity contribution in [3.8, 4) is 17.3 Å². The zero-order chi connectivity index (χ0) is 13.8. The number of carboxylic acids is 1. The molecule has 0 atom stereocenters. The van der Waals surface area contributed by atoms with Crippen LogP contribution >= 0.6 is 0 Å². The van der Waals surface area contributed by atoms with Gasteiger partial charge in [0.2, 0.25) is 5.88 Å². The molecule has 0 aliphatic carbocycles. The molecular weight excluding hydrogens is 244 g/mol. The maximum atomic E-state index is 11.0. The Kier molecular flexibility index (Phi) is 3.75. The van der Waals surface area contributed by atoms with E-state index in [0.29, 0.717) is 5.82 Å². The average molecular weight is 258 g/mol. The largest absolute Gasteiger partial charge is 0.481 e. The van der Waals surface area contributed by atoms with Crippen LogP contribution in [0.25, 0.3) is 11.4 Å². The first-order valence-electron chi connectivity index (χ1n) is 5.89. The van der Waals surface area contributed by atoms with Gasteiger partial charge in [0.25, 0.3) is 0 Å². The summed E-state index contributed by atoms with van der Waals surface area (Å²) in [6, 6.07) is 8.99. The van der Waals surface area contributed by atoms with E-state index in [1.807, 2.05) is 24.3 Å². The molecule has 0 spiro atoms. The van der Waals surface area contributed by atoms with Crippen molar-refractivity contribution in [3.05, 3.63) is 41.6 Å². The zero-order valence-electron chi connectivity index (χ0n) is 10.8. The van der Waals surface area contributed by atoms with E-state index < -0.39 is 5.97 Å². The number of rotatable bonds is 4. The Morgan fingerprint density at radius 3 is 2.47 bits per heavy atom. The second-order valence-electron chi connectivity index (χ2n) is 3.97. The Labute approximate surface area is 110 Å². The van der Waals surface area contributed by atoms with Crippen molar-refractivity contribution in [2.75, 3.05) is 7.11 Å². The predicted octanol–water partition coefficient (Wildman–Crippen LogP) is 2.41. The third-order valence-electron chi connectivity index (χ3n) is 2.75. The van der Waals surface area contributed by atoms with Gasteiger partial charge in [0, 0.05) is 11.6 Å². The van der Waals surface area contributed by atoms with Crippen molar-refractivity contribution in [2.24, 2.45) is 0 Å². The quantitative estimate of drug-likeness (QED) is 0.911. The number of carbonyl (C=O) groups is 1. The molecule has 2 aromatic rings. The topological polar surface area (TPSA) is 72.3 Å². The van der Waals surface area contributed by atoms with Crippen LogP contribution in [0.3, 0.4) is 0 Å². The molecular formula is C14H14N2O3. The molecule has 5 heteroatoms. The molecule has 0 aliphatic rings. The number of aromatic nitrogens is 2. The molecule has 0 saturated carbocycles. The Bertz CT molecular complexity index is 594. The Hall–Kier alpha value is -2.43. The summed E-state index contributed by atoms with van der Waals surface area (Å²) in [6.07, 6.45) is 0.944. The molecule has 0 saturated heterocycles. The van der Waals surface area contributed by atoms with Gasteiger partial charge in [-0.1, -0.05) is 31.2 Å². The lowest BCUT2D eigenvalue weighted by Crippen LogP contribution is -2.04. The van der Waals surface area contributed by atoms with Gasteiger partial charge >= 0.3 is 5.97 Å². The van der Waals surface area contributed by atoms with Gasteiger partial charge in [0.05, 0.1) is 7.11 Å². The standard InChI is InChI=1S/C14H14N2O3/c1-3-9-4-6-10(7-5-9)13-15-11(14(17)18)8-12(16-13)19-2/h4-8H,3H2,1-2H3,(H,17,18). The highest BCUT2D eigenvalue weighted by molar-refractivity contribution is 5.86. The minimum Gasteiger partial charge on any atom is -0.481 e. The van der Waals surface area contributed by atoms with Crippen molar-refractivity contribution in [1.29, 1.82) is 0 Å². The SMILES string of the molecule is CCc1ccc(-c2nc(OC)cc(C(=O)O)n2)cc1. The van der Waals surface area contributed by atoms with E-state index in [2.05, 4.69) is 16.9 Å². The van der Waals surface area contributed by atoms with Crippen LogP contribution in [0.1, 0.15) is 23.0 Å². The number of nitrogens with zero attached hydrogens (tertiary/aromatic N) is 2. The maximum Gasteiger partial charge on any atom is 0.354 e. The van der Waals surface area contributed by atoms with Gasteiger partial charge in [-0.25, -0.2) is 9.78 Å². The molecule has 2 rings (SSSR count). The lowest BCUT2D eigenvalue weighted by atomic mass is 10.1. The fourth-order valence-corrected chi connectivity index (χ4v) is 1.66. The summed E-state index contributed by atoms with van der Waals surface area (Å²) in [5, 5.41) is 9.01. The van der Waals surface area contributed by atoms with Crippen LogP contribution in [-0.2, 0) is 6.42 Å². The van der Waals surface area contributed by atoms with E-state index in [9.17, 15) is 4.79 Å². The highest BCUT2D eigenvalue weighted by Gasteiger charge is 2.12. The van der Waals surface area contributed by atoms with Crippen LogP contribution in [0.2, 0.25) is 0 Å². The van der Waals surface area contributed by atoms with Gasteiger partial charge in [0.1, 0.15) is 0 Å². The molecule has 19 heavy (non-hydrogen) atoms. The number of benzene rings is 1. The molecule has 5 nitrogen and oxygen atoms in total. The van der Waals surface area contributed by atoms with E-state index >= 15 is 0 Å². The number of methoxy groups -OCH3 is 1. The fourth-order valence-electron chi connectivity index (χ4n) is 1.66. The fraction of sp³-hybridized carbons (Fsp3) is 0.214. The van der Waals surface area contributed by atoms with Gasteiger partial charge in [-0.2, -0.15) is 4.98 Å². The molecule has 1 heterocycles. The minimum atomic E-state index is -1.10. The molecule has 0 bridgehead atoms. The Morgan fingerprint density at radius 1 is 1.26 bits per heavy atom. The second kappa shape index (κ2) is 5.48. The maximum absolute atomic E-state index is 11.0. The lowest BCUT2D eigenvalue weighted by Gasteiger charge is -2.05. The van der Waals surface area contributed by atoms with Crippen LogP contribution < -0.4 is 4.74 Å². The van der Waals surface area contributed by atoms with Gasteiger partial charge in [-0.05, 0) is 12.0 Å². The zero-order valence-corrected chi connectivity index (χ0v) is 10.8. The highest BCUT2D eigenvalue weighted by Crippen LogP contribution is 2.19. The van der Waals surface area contributed by atoms with E-state index in [-0.39, 0.29) is 11.6 Å². The van der Waals surface area contributed by atoms with Crippen LogP contribution in [0, 0.1) is 0 Å². The van der Waals surface area contributed by atoms with Crippen molar-refractivity contribution in [2.45, 2.75) is 13.3 Å². The van der Waals surface area contributed by atoms with Gasteiger partial charge < -0.3 is 9.84 Å². The number of aryl methyl sites for hydroxylation is 1. The van der Waals surface area contributed by atoms with Crippen molar-refractivity contribution in [1.82, 2.24) is 9.97 Å². The summed E-state index contributed by atoms with van der Waals surface area (Å²) >= 11 is 0. The number of hydrogen-bond acceptors (Lipinski definition) is 4. The van der Waals surface area contributed by atoms with Gasteiger partial charge in [0.15, 0.2) is 11.5 Å². The van der Waals surface area contributed by atoms with Crippen LogP contribution in [0.4, 0.5) is 0 Å². The third kappa shape index (κ3) is 2.88. The molecule has 0 radical (unpaired) electrons. The summed E-state index contributed by atoms with van der Waals surface area (Å²) in [7, 11) is 1.44. The summed E-state index contributed by atoms with van der Waals surface area (Å²) in [5.74, 6) is -0.520. The summed E-state index contributed by atoms with van der Waals surface area (Å²) in [6.45, 7) is 2.07. The Morgan fingerprint density at radius 2 is 1.95 bits per heavy atom. The average Bonchev–Trinajstić information content (AvgIpc) is 2.46. The summed E-state index contributed by atoms with van der Waals surface area (Å²) < 4.78 is 5.00. The second-order valence-corrected chi connectivity index (χ2v) is 3.97. The molecule has 0 amide bonds. The van der Waals surface area contributed by atoms with Crippen molar-refractivity contribution in [3.63, 3.8) is 0 Å². The number of carboxylic acid groups (broad SMARTS) is 1. The van der Waals surface area contributed by atoms with Crippen LogP contribution in [-0.4, -0.2) is 28.2 Å². The number of ether oxygens (including phenoxy) is 1. The number of aromatic carboxylic acids is 1. The smallest absolute Gasteiger partial charge is 0.354 e. The summed E-state index contributed by atoms with van der Waals surface area (Å²) in [5.41, 5.74) is 1.88. The Balaban J connectivity index is 2.47. The first-order valence-corrected chi connectivity index (χ1v) is 5.89. The highest BCUT2D eigenvalue weighted by atomic mass is 16.5. The number of hydrogen-bond donors (Lipinski definition) is 1. The summed E-state index contributed by atoms with van der Waals surface area (Å²) in [4.78, 5) is 19.2. The van der Waals surface area contributed by atoms with Crippen molar-refractivity contribution < 1.29 is 14.6 Å². The van der Waals surface area contributed by atoms with Gasteiger partial charge in [-0.3, -0.25) is 0 Å². The van der Waals surface area contributed by atoms with E-state index in [4.69, 9.17) is 9.84 Å². The van der Waals surface area contributed by atoms with E-state index in [1.54, 1.807) is 0 Å². The van der Waals surface area contributed by atoms with Crippen LogP contribution in [0.15, 0.2) is 30.3 Å². The molecule has 1 aromatic carbocycles. The molecule has 1 aromatic heterocycles. The van der Waals surface area contributed by atoms with E-state index in [1.165, 1.54) is 18.7 Å². The minimum absolute atomic E-state index is 0.0820.